The number of imide groups is 1. The van der Waals surface area contributed by atoms with Crippen molar-refractivity contribution in [3.8, 4) is 11.5 Å². The minimum atomic E-state index is -1.05. The molecular formula is C20H26N2O6. The van der Waals surface area contributed by atoms with Crippen molar-refractivity contribution in [3.05, 3.63) is 29.8 Å². The van der Waals surface area contributed by atoms with Crippen LogP contribution in [0, 0.1) is 0 Å². The number of urea groups is 1. The lowest BCUT2D eigenvalue weighted by molar-refractivity contribution is -0.153. The van der Waals surface area contributed by atoms with Gasteiger partial charge in [0, 0.05) is 19.2 Å². The largest absolute Gasteiger partial charge is 0.490 e. The summed E-state index contributed by atoms with van der Waals surface area (Å²) in [7, 11) is 0. The van der Waals surface area contributed by atoms with Gasteiger partial charge in [-0.1, -0.05) is 13.0 Å². The lowest BCUT2D eigenvalue weighted by Gasteiger charge is -2.17. The third-order valence-electron chi connectivity index (χ3n) is 3.90. The van der Waals surface area contributed by atoms with Crippen LogP contribution in [-0.4, -0.2) is 55.2 Å². The maximum atomic E-state index is 12.1. The fourth-order valence-corrected chi connectivity index (χ4v) is 2.56. The number of amides is 3. The van der Waals surface area contributed by atoms with E-state index in [4.69, 9.17) is 14.2 Å². The average molecular weight is 390 g/mol. The minimum Gasteiger partial charge on any atom is -0.490 e. The Labute approximate surface area is 164 Å². The third-order valence-corrected chi connectivity index (χ3v) is 3.90. The highest BCUT2D eigenvalue weighted by atomic mass is 16.5. The molecule has 1 unspecified atom stereocenters. The lowest BCUT2D eigenvalue weighted by atomic mass is 10.2. The predicted octanol–water partition coefficient (Wildman–Crippen LogP) is 2.37. The van der Waals surface area contributed by atoms with E-state index in [1.807, 2.05) is 13.8 Å². The molecule has 1 heterocycles. The van der Waals surface area contributed by atoms with Crippen molar-refractivity contribution in [3.63, 3.8) is 0 Å². The van der Waals surface area contributed by atoms with Gasteiger partial charge in [0.05, 0.1) is 13.2 Å². The van der Waals surface area contributed by atoms with Gasteiger partial charge in [-0.15, -0.1) is 0 Å². The van der Waals surface area contributed by atoms with Crippen LogP contribution in [0.4, 0.5) is 4.79 Å². The van der Waals surface area contributed by atoms with Gasteiger partial charge in [-0.25, -0.2) is 9.59 Å². The van der Waals surface area contributed by atoms with Crippen LogP contribution in [0.1, 0.15) is 32.8 Å². The average Bonchev–Trinajstić information content (AvgIpc) is 3.11. The number of esters is 1. The molecule has 28 heavy (non-hydrogen) atoms. The summed E-state index contributed by atoms with van der Waals surface area (Å²) in [4.78, 5) is 36.7. The second-order valence-corrected chi connectivity index (χ2v) is 6.12. The van der Waals surface area contributed by atoms with Crippen LogP contribution in [0.2, 0.25) is 0 Å². The van der Waals surface area contributed by atoms with Crippen LogP contribution in [0.3, 0.4) is 0 Å². The maximum Gasteiger partial charge on any atom is 0.331 e. The van der Waals surface area contributed by atoms with Crippen LogP contribution < -0.4 is 14.8 Å². The molecule has 1 fully saturated rings. The minimum absolute atomic E-state index is 0.266. The summed E-state index contributed by atoms with van der Waals surface area (Å²) >= 11 is 0. The Bertz CT molecular complexity index is 746. The molecule has 0 bridgehead atoms. The number of ether oxygens (including phenoxy) is 3. The van der Waals surface area contributed by atoms with Gasteiger partial charge in [-0.05, 0) is 44.0 Å². The molecule has 0 saturated carbocycles. The topological polar surface area (TPSA) is 94.2 Å². The van der Waals surface area contributed by atoms with Crippen molar-refractivity contribution in [2.75, 3.05) is 26.3 Å². The van der Waals surface area contributed by atoms with Gasteiger partial charge in [0.25, 0.3) is 5.91 Å². The quantitative estimate of drug-likeness (QED) is 0.514. The molecule has 1 aliphatic rings. The number of carbonyl (C=O) groups is 3. The van der Waals surface area contributed by atoms with Crippen molar-refractivity contribution in [1.29, 1.82) is 0 Å². The van der Waals surface area contributed by atoms with E-state index in [9.17, 15) is 14.4 Å². The van der Waals surface area contributed by atoms with E-state index in [2.05, 4.69) is 5.32 Å². The Morgan fingerprint density at radius 3 is 2.68 bits per heavy atom. The number of hydrogen-bond acceptors (Lipinski definition) is 6. The summed E-state index contributed by atoms with van der Waals surface area (Å²) < 4.78 is 16.3. The summed E-state index contributed by atoms with van der Waals surface area (Å²) in [6.07, 6.45) is 2.62. The Morgan fingerprint density at radius 1 is 1.25 bits per heavy atom. The van der Waals surface area contributed by atoms with Crippen molar-refractivity contribution in [2.45, 2.75) is 33.3 Å². The van der Waals surface area contributed by atoms with Crippen LogP contribution in [0.15, 0.2) is 24.3 Å². The van der Waals surface area contributed by atoms with E-state index in [1.165, 1.54) is 13.0 Å². The third kappa shape index (κ3) is 5.73. The molecule has 1 saturated heterocycles. The number of hydrogen-bond donors (Lipinski definition) is 1. The second-order valence-electron chi connectivity index (χ2n) is 6.12. The number of nitrogens with zero attached hydrogens (tertiary/aromatic N) is 1. The monoisotopic (exact) mass is 390 g/mol. The Hall–Kier alpha value is -3.03. The van der Waals surface area contributed by atoms with E-state index in [0.717, 1.165) is 16.9 Å². The van der Waals surface area contributed by atoms with Crippen LogP contribution in [0.25, 0.3) is 6.08 Å². The van der Waals surface area contributed by atoms with Crippen molar-refractivity contribution < 1.29 is 28.6 Å². The molecular weight excluding hydrogens is 364 g/mol. The Balaban J connectivity index is 1.97. The molecule has 1 N–H and O–H groups in total. The van der Waals surface area contributed by atoms with Crippen LogP contribution >= 0.6 is 0 Å². The summed E-state index contributed by atoms with van der Waals surface area (Å²) in [5.41, 5.74) is 0.724. The fraction of sp³-hybridized carbons (Fsp3) is 0.450. The number of nitrogens with one attached hydrogen (secondary N) is 1. The first kappa shape index (κ1) is 21.3. The molecule has 3 amide bonds. The summed E-state index contributed by atoms with van der Waals surface area (Å²) in [5.74, 6) is 0.0131. The van der Waals surface area contributed by atoms with E-state index < -0.39 is 24.0 Å². The molecule has 152 valence electrons. The first-order valence-electron chi connectivity index (χ1n) is 9.33. The van der Waals surface area contributed by atoms with Gasteiger partial charge in [0.1, 0.15) is 0 Å². The van der Waals surface area contributed by atoms with E-state index in [0.29, 0.717) is 31.3 Å². The first-order chi connectivity index (χ1) is 13.5. The standard InChI is InChI=1S/C20H26N2O6/c1-4-12-27-16-8-6-15(13-17(16)26-5-2)7-9-18(23)28-14(3)19(24)22-11-10-21-20(22)25/h6-9,13-14H,4-5,10-12H2,1-3H3,(H,21,25)/b9-7+. The van der Waals surface area contributed by atoms with Crippen molar-refractivity contribution in [2.24, 2.45) is 0 Å². The molecule has 1 aromatic rings. The Morgan fingerprint density at radius 2 is 2.04 bits per heavy atom. The summed E-state index contributed by atoms with van der Waals surface area (Å²) in [6.45, 7) is 7.07. The zero-order chi connectivity index (χ0) is 20.5. The molecule has 1 atom stereocenters. The SMILES string of the molecule is CCCOc1ccc(/C=C/C(=O)OC(C)C(=O)N2CCNC2=O)cc1OCC. The maximum absolute atomic E-state index is 12.1. The Kier molecular flexibility index (Phi) is 7.86. The van der Waals surface area contributed by atoms with Gasteiger partial charge in [-0.2, -0.15) is 0 Å². The number of benzene rings is 1. The summed E-state index contributed by atoms with van der Waals surface area (Å²) in [6, 6.07) is 4.86. The molecule has 2 rings (SSSR count). The number of carbonyl (C=O) groups excluding carboxylic acids is 3. The summed E-state index contributed by atoms with van der Waals surface area (Å²) in [5, 5.41) is 2.53. The predicted molar refractivity (Wildman–Crippen MR) is 103 cm³/mol. The highest BCUT2D eigenvalue weighted by Gasteiger charge is 2.31. The van der Waals surface area contributed by atoms with Crippen LogP contribution in [-0.2, 0) is 14.3 Å². The highest BCUT2D eigenvalue weighted by Crippen LogP contribution is 2.29. The van der Waals surface area contributed by atoms with Gasteiger partial charge >= 0.3 is 12.0 Å². The van der Waals surface area contributed by atoms with E-state index >= 15 is 0 Å². The van der Waals surface area contributed by atoms with Crippen LogP contribution in [0.5, 0.6) is 11.5 Å². The molecule has 1 aliphatic heterocycles. The lowest BCUT2D eigenvalue weighted by Crippen LogP contribution is -2.41. The fourth-order valence-electron chi connectivity index (χ4n) is 2.56. The normalized spacial score (nSPS) is 14.7. The second kappa shape index (κ2) is 10.3. The smallest absolute Gasteiger partial charge is 0.331 e. The zero-order valence-corrected chi connectivity index (χ0v) is 16.4. The zero-order valence-electron chi connectivity index (χ0n) is 16.4. The molecule has 0 radical (unpaired) electrons. The highest BCUT2D eigenvalue weighted by molar-refractivity contribution is 5.99. The van der Waals surface area contributed by atoms with Gasteiger partial charge < -0.3 is 19.5 Å². The van der Waals surface area contributed by atoms with Crippen molar-refractivity contribution in [1.82, 2.24) is 10.2 Å². The number of rotatable bonds is 9. The van der Waals surface area contributed by atoms with Gasteiger partial charge in [0.15, 0.2) is 17.6 Å². The molecule has 8 heteroatoms. The van der Waals surface area contributed by atoms with E-state index in [1.54, 1.807) is 24.3 Å². The van der Waals surface area contributed by atoms with E-state index in [-0.39, 0.29) is 6.54 Å². The molecule has 0 spiro atoms. The molecule has 0 aliphatic carbocycles. The van der Waals surface area contributed by atoms with Gasteiger partial charge in [-0.3, -0.25) is 9.69 Å². The van der Waals surface area contributed by atoms with Gasteiger partial charge in [0.2, 0.25) is 0 Å². The molecule has 8 nitrogen and oxygen atoms in total. The van der Waals surface area contributed by atoms with Crippen molar-refractivity contribution >= 4 is 24.0 Å². The molecule has 0 aromatic heterocycles. The molecule has 1 aromatic carbocycles. The first-order valence-corrected chi connectivity index (χ1v) is 9.33.